The average Bonchev–Trinajstić information content (AvgIpc) is 3.09. The van der Waals surface area contributed by atoms with Crippen LogP contribution in [0.2, 0.25) is 0 Å². The number of nitrogens with zero attached hydrogens (tertiary/aromatic N) is 2. The molecule has 1 unspecified atom stereocenters. The number of amides is 1. The zero-order valence-electron chi connectivity index (χ0n) is 19.1. The van der Waals surface area contributed by atoms with Gasteiger partial charge in [0.15, 0.2) is 0 Å². The molecule has 0 saturated carbocycles. The summed E-state index contributed by atoms with van der Waals surface area (Å²) in [6.45, 7) is 3.64. The Balaban J connectivity index is 1.71. The third-order valence-electron chi connectivity index (χ3n) is 5.54. The monoisotopic (exact) mass is 534 g/mol. The summed E-state index contributed by atoms with van der Waals surface area (Å²) in [5, 5.41) is 11.1. The quantitative estimate of drug-likeness (QED) is 0.206. The minimum absolute atomic E-state index is 0.00227. The van der Waals surface area contributed by atoms with E-state index in [9.17, 15) is 19.5 Å². The van der Waals surface area contributed by atoms with E-state index in [0.717, 1.165) is 4.47 Å². The summed E-state index contributed by atoms with van der Waals surface area (Å²) in [5.41, 5.74) is 2.13. The molecular weight excluding hydrogens is 512 g/mol. The highest BCUT2D eigenvalue weighted by atomic mass is 79.9. The summed E-state index contributed by atoms with van der Waals surface area (Å²) < 4.78 is 6.03. The van der Waals surface area contributed by atoms with E-state index in [2.05, 4.69) is 20.9 Å². The topological polar surface area (TPSA) is 96.8 Å². The van der Waals surface area contributed by atoms with Gasteiger partial charge in [-0.2, -0.15) is 0 Å². The first kappa shape index (κ1) is 24.3. The van der Waals surface area contributed by atoms with Gasteiger partial charge in [-0.1, -0.05) is 46.3 Å². The molecule has 0 bridgehead atoms. The molecule has 35 heavy (non-hydrogen) atoms. The van der Waals surface area contributed by atoms with Gasteiger partial charge in [0.1, 0.15) is 5.76 Å². The Bertz CT molecular complexity index is 1290. The molecule has 1 atom stereocenters. The molecule has 2 aromatic carbocycles. The molecule has 1 saturated heterocycles. The highest BCUT2D eigenvalue weighted by Gasteiger charge is 2.46. The van der Waals surface area contributed by atoms with E-state index in [1.54, 1.807) is 86.9 Å². The molecule has 4 rings (SSSR count). The second kappa shape index (κ2) is 10.2. The van der Waals surface area contributed by atoms with Gasteiger partial charge in [0.25, 0.3) is 11.7 Å². The number of halogens is 1. The lowest BCUT2D eigenvalue weighted by molar-refractivity contribution is -0.140. The zero-order chi connectivity index (χ0) is 25.1. The number of ketones is 1. The molecule has 1 amide bonds. The van der Waals surface area contributed by atoms with Crippen molar-refractivity contribution in [2.75, 3.05) is 0 Å². The van der Waals surface area contributed by atoms with E-state index in [-0.39, 0.29) is 24.0 Å². The van der Waals surface area contributed by atoms with Gasteiger partial charge in [0.05, 0.1) is 23.3 Å². The van der Waals surface area contributed by atoms with Crippen LogP contribution in [0.5, 0.6) is 0 Å². The number of carbonyl (C=O) groups excluding carboxylic acids is 3. The number of hydrogen-bond donors (Lipinski definition) is 1. The summed E-state index contributed by atoms with van der Waals surface area (Å²) in [7, 11) is 0. The molecule has 0 spiro atoms. The number of benzene rings is 2. The predicted octanol–water partition coefficient (Wildman–Crippen LogP) is 5.03. The van der Waals surface area contributed by atoms with Crippen LogP contribution in [-0.2, 0) is 20.9 Å². The highest BCUT2D eigenvalue weighted by molar-refractivity contribution is 9.10. The molecule has 1 N–H and O–H groups in total. The van der Waals surface area contributed by atoms with Crippen molar-refractivity contribution in [2.45, 2.75) is 32.5 Å². The molecule has 8 heteroatoms. The normalized spacial score (nSPS) is 17.1. The van der Waals surface area contributed by atoms with Crippen LogP contribution in [0.4, 0.5) is 0 Å². The Morgan fingerprint density at radius 3 is 2.31 bits per heavy atom. The number of pyridine rings is 1. The fraction of sp³-hybridized carbons (Fsp3) is 0.185. The minimum atomic E-state index is -0.821. The molecule has 0 radical (unpaired) electrons. The molecule has 1 aliphatic heterocycles. The lowest BCUT2D eigenvalue weighted by Crippen LogP contribution is -2.29. The van der Waals surface area contributed by atoms with Crippen molar-refractivity contribution in [1.29, 1.82) is 0 Å². The average molecular weight is 535 g/mol. The molecule has 1 aromatic heterocycles. The fourth-order valence-corrected chi connectivity index (χ4v) is 4.18. The maximum absolute atomic E-state index is 13.1. The van der Waals surface area contributed by atoms with E-state index in [1.165, 1.54) is 4.90 Å². The molecule has 2 heterocycles. The Morgan fingerprint density at radius 2 is 1.71 bits per heavy atom. The Hall–Kier alpha value is -3.78. The second-order valence-corrected chi connectivity index (χ2v) is 9.29. The number of aliphatic hydroxyl groups excluding tert-OH is 1. The van der Waals surface area contributed by atoms with Gasteiger partial charge in [-0.05, 0) is 55.3 Å². The van der Waals surface area contributed by atoms with E-state index in [0.29, 0.717) is 22.3 Å². The van der Waals surface area contributed by atoms with Crippen molar-refractivity contribution < 1.29 is 24.2 Å². The summed E-state index contributed by atoms with van der Waals surface area (Å²) in [6.07, 6.45) is 2.93. The number of ether oxygens (including phenoxy) is 1. The van der Waals surface area contributed by atoms with Crippen LogP contribution >= 0.6 is 15.9 Å². The van der Waals surface area contributed by atoms with Crippen molar-refractivity contribution in [1.82, 2.24) is 9.88 Å². The second-order valence-electron chi connectivity index (χ2n) is 8.37. The molecule has 3 aromatic rings. The van der Waals surface area contributed by atoms with Crippen LogP contribution in [-0.4, -0.2) is 38.8 Å². The number of rotatable bonds is 6. The lowest BCUT2D eigenvalue weighted by Gasteiger charge is -2.25. The summed E-state index contributed by atoms with van der Waals surface area (Å²) in [6, 6.07) is 16.2. The van der Waals surface area contributed by atoms with E-state index < -0.39 is 23.7 Å². The van der Waals surface area contributed by atoms with Gasteiger partial charge in [0, 0.05) is 29.0 Å². The number of esters is 1. The van der Waals surface area contributed by atoms with E-state index in [4.69, 9.17) is 4.74 Å². The molecule has 0 aliphatic carbocycles. The van der Waals surface area contributed by atoms with Crippen LogP contribution in [0, 0.1) is 0 Å². The number of Topliss-reactive ketones (excluding diaryl/α,β-unsaturated/α-hetero) is 1. The van der Waals surface area contributed by atoms with E-state index in [1.807, 2.05) is 0 Å². The van der Waals surface area contributed by atoms with Crippen LogP contribution in [0.3, 0.4) is 0 Å². The van der Waals surface area contributed by atoms with Gasteiger partial charge in [-0.15, -0.1) is 0 Å². The fourth-order valence-electron chi connectivity index (χ4n) is 3.92. The van der Waals surface area contributed by atoms with Crippen molar-refractivity contribution in [3.8, 4) is 0 Å². The van der Waals surface area contributed by atoms with Crippen molar-refractivity contribution >= 4 is 39.3 Å². The van der Waals surface area contributed by atoms with Crippen molar-refractivity contribution in [3.63, 3.8) is 0 Å². The highest BCUT2D eigenvalue weighted by Crippen LogP contribution is 2.40. The predicted molar refractivity (Wildman–Crippen MR) is 133 cm³/mol. The first-order valence-corrected chi connectivity index (χ1v) is 11.8. The Morgan fingerprint density at radius 1 is 1.06 bits per heavy atom. The first-order chi connectivity index (χ1) is 16.8. The van der Waals surface area contributed by atoms with Crippen molar-refractivity contribution in [2.24, 2.45) is 0 Å². The van der Waals surface area contributed by atoms with Gasteiger partial charge in [0.2, 0.25) is 0 Å². The first-order valence-electron chi connectivity index (χ1n) is 11.0. The third-order valence-corrected chi connectivity index (χ3v) is 6.07. The molecule has 1 aliphatic rings. The summed E-state index contributed by atoms with van der Waals surface area (Å²) in [5.74, 6) is -2.17. The van der Waals surface area contributed by atoms with E-state index >= 15 is 0 Å². The zero-order valence-corrected chi connectivity index (χ0v) is 20.7. The third kappa shape index (κ3) is 5.17. The number of hydrogen-bond acceptors (Lipinski definition) is 6. The van der Waals surface area contributed by atoms with Gasteiger partial charge < -0.3 is 14.7 Å². The van der Waals surface area contributed by atoms with Crippen LogP contribution in [0.15, 0.2) is 83.1 Å². The van der Waals surface area contributed by atoms with Gasteiger partial charge in [-0.25, -0.2) is 4.79 Å². The SMILES string of the molecule is CC(C)OC(=O)c1ccc(CN2C(=O)C(=O)/C(=C(/O)c3ccc(Br)cc3)C2c2cccnc2)cc1. The molecular formula is C27H23BrN2O5. The number of aliphatic hydroxyl groups is 1. The van der Waals surface area contributed by atoms with Crippen LogP contribution in [0.25, 0.3) is 5.76 Å². The largest absolute Gasteiger partial charge is 0.507 e. The standard InChI is InChI=1S/C27H23BrN2O5/c1-16(2)35-27(34)19-7-5-17(6-8-19)15-30-23(20-4-3-13-29-14-20)22(25(32)26(30)33)24(31)18-9-11-21(28)12-10-18/h3-14,16,23,31H,15H2,1-2H3/b24-22+. The number of carbonyl (C=O) groups is 3. The molecule has 1 fully saturated rings. The van der Waals surface area contributed by atoms with Crippen LogP contribution in [0.1, 0.15) is 46.9 Å². The Kier molecular flexibility index (Phi) is 7.12. The lowest BCUT2D eigenvalue weighted by atomic mass is 9.96. The summed E-state index contributed by atoms with van der Waals surface area (Å²) >= 11 is 3.36. The maximum atomic E-state index is 13.1. The van der Waals surface area contributed by atoms with Gasteiger partial charge in [-0.3, -0.25) is 14.6 Å². The summed E-state index contributed by atoms with van der Waals surface area (Å²) in [4.78, 5) is 43.9. The Labute approximate surface area is 211 Å². The molecule has 178 valence electrons. The maximum Gasteiger partial charge on any atom is 0.338 e. The number of aromatic nitrogens is 1. The van der Waals surface area contributed by atoms with Crippen LogP contribution < -0.4 is 0 Å². The number of likely N-dealkylation sites (tertiary alicyclic amines) is 1. The minimum Gasteiger partial charge on any atom is -0.507 e. The molecule has 7 nitrogen and oxygen atoms in total. The smallest absolute Gasteiger partial charge is 0.338 e. The van der Waals surface area contributed by atoms with Gasteiger partial charge >= 0.3 is 5.97 Å². The van der Waals surface area contributed by atoms with Crippen molar-refractivity contribution in [3.05, 3.63) is 105 Å².